The number of benzene rings is 1. The van der Waals surface area contributed by atoms with Crippen LogP contribution in [0.1, 0.15) is 44.0 Å². The van der Waals surface area contributed by atoms with Gasteiger partial charge in [-0.1, -0.05) is 13.8 Å². The van der Waals surface area contributed by atoms with Crippen molar-refractivity contribution in [2.75, 3.05) is 45.7 Å². The van der Waals surface area contributed by atoms with Crippen molar-refractivity contribution in [3.05, 3.63) is 23.8 Å². The molecule has 1 aromatic carbocycles. The number of rotatable bonds is 5. The number of fused-ring (bicyclic) bond motifs is 1. The van der Waals surface area contributed by atoms with E-state index in [9.17, 15) is 22.8 Å². The molecular weight excluding hydrogens is 439 g/mol. The first-order valence-electron chi connectivity index (χ1n) is 11.1. The summed E-state index contributed by atoms with van der Waals surface area (Å²) in [7, 11) is 3.18. The predicted octanol–water partition coefficient (Wildman–Crippen LogP) is 3.79. The average molecular weight is 474 g/mol. The summed E-state index contributed by atoms with van der Waals surface area (Å²) in [6.45, 7) is 5.98. The minimum atomic E-state index is -4.26. The van der Waals surface area contributed by atoms with E-state index in [-0.39, 0.29) is 55.3 Å². The number of methoxy groups -OCH3 is 1. The molecular formula is C23H34F3N3O4. The summed E-state index contributed by atoms with van der Waals surface area (Å²) in [4.78, 5) is 28.2. The molecule has 3 atom stereocenters. The summed E-state index contributed by atoms with van der Waals surface area (Å²) in [6.07, 6.45) is -5.25. The minimum absolute atomic E-state index is 0.0808. The molecule has 186 valence electrons. The molecule has 1 aromatic rings. The molecule has 1 aliphatic rings. The van der Waals surface area contributed by atoms with Gasteiger partial charge in [0.05, 0.1) is 18.1 Å². The van der Waals surface area contributed by atoms with Crippen molar-refractivity contribution in [3.8, 4) is 5.75 Å². The third-order valence-electron chi connectivity index (χ3n) is 5.86. The number of likely N-dealkylation sites (N-methyl/N-ethyl adjacent to an activating group) is 1. The molecule has 1 N–H and O–H groups in total. The van der Waals surface area contributed by atoms with Crippen LogP contribution in [-0.4, -0.2) is 80.3 Å². The molecule has 10 heteroatoms. The average Bonchev–Trinajstić information content (AvgIpc) is 2.76. The van der Waals surface area contributed by atoms with Gasteiger partial charge in [0, 0.05) is 58.0 Å². The van der Waals surface area contributed by atoms with Crippen molar-refractivity contribution in [2.24, 2.45) is 5.92 Å². The van der Waals surface area contributed by atoms with Crippen LogP contribution in [0.25, 0.3) is 0 Å². The number of nitrogens with one attached hydrogen (secondary N) is 1. The molecule has 1 heterocycles. The Morgan fingerprint density at radius 2 is 1.97 bits per heavy atom. The van der Waals surface area contributed by atoms with E-state index >= 15 is 0 Å². The first-order chi connectivity index (χ1) is 15.4. The molecule has 1 aliphatic heterocycles. The van der Waals surface area contributed by atoms with Gasteiger partial charge in [0.15, 0.2) is 0 Å². The van der Waals surface area contributed by atoms with Crippen molar-refractivity contribution < 1.29 is 32.2 Å². The number of carbonyl (C=O) groups is 2. The zero-order valence-corrected chi connectivity index (χ0v) is 19.9. The number of amides is 2. The second-order valence-electron chi connectivity index (χ2n) is 8.57. The van der Waals surface area contributed by atoms with Gasteiger partial charge in [-0.05, 0) is 25.0 Å². The van der Waals surface area contributed by atoms with Gasteiger partial charge in [-0.2, -0.15) is 13.2 Å². The fraction of sp³-hybridized carbons (Fsp3) is 0.652. The molecule has 0 aromatic heterocycles. The molecule has 0 aliphatic carbocycles. The first-order valence-corrected chi connectivity index (χ1v) is 11.1. The maximum atomic E-state index is 13.1. The van der Waals surface area contributed by atoms with E-state index in [1.54, 1.807) is 44.0 Å². The van der Waals surface area contributed by atoms with Crippen LogP contribution in [0.4, 0.5) is 18.9 Å². The van der Waals surface area contributed by atoms with E-state index in [0.717, 1.165) is 0 Å². The Morgan fingerprint density at radius 3 is 2.58 bits per heavy atom. The summed E-state index contributed by atoms with van der Waals surface area (Å²) in [5, 5.41) is 2.73. The second-order valence-corrected chi connectivity index (χ2v) is 8.57. The van der Waals surface area contributed by atoms with Gasteiger partial charge in [0.2, 0.25) is 5.91 Å². The zero-order valence-electron chi connectivity index (χ0n) is 19.9. The standard InChI is InChI=1S/C23H34F3N3O4/c1-6-21(30)27-17-7-8-18-19(11-17)33-14-16(3)29(10-9-23(24,25)26)12-15(2)20(32-5)13-28(4)22(18)31/h7-8,11,15-16,20H,6,9-10,12-14H2,1-5H3,(H,27,30)/t15-,16+,20+/m1/s1. The number of halogens is 3. The molecule has 33 heavy (non-hydrogen) atoms. The third-order valence-corrected chi connectivity index (χ3v) is 5.86. The maximum Gasteiger partial charge on any atom is 0.390 e. The summed E-state index contributed by atoms with van der Waals surface area (Å²) >= 11 is 0. The largest absolute Gasteiger partial charge is 0.491 e. The van der Waals surface area contributed by atoms with Crippen LogP contribution in [0.15, 0.2) is 18.2 Å². The Balaban J connectivity index is 2.39. The van der Waals surface area contributed by atoms with Gasteiger partial charge in [-0.15, -0.1) is 0 Å². The summed E-state index contributed by atoms with van der Waals surface area (Å²) in [5.41, 5.74) is 0.789. The van der Waals surface area contributed by atoms with E-state index in [1.165, 1.54) is 12.0 Å². The fourth-order valence-corrected chi connectivity index (χ4v) is 3.76. The van der Waals surface area contributed by atoms with Crippen LogP contribution in [0.3, 0.4) is 0 Å². The van der Waals surface area contributed by atoms with Crippen LogP contribution in [0.2, 0.25) is 0 Å². The highest BCUT2D eigenvalue weighted by Gasteiger charge is 2.32. The number of ether oxygens (including phenoxy) is 2. The molecule has 0 fully saturated rings. The monoisotopic (exact) mass is 473 g/mol. The summed E-state index contributed by atoms with van der Waals surface area (Å²) < 4.78 is 50.3. The zero-order chi connectivity index (χ0) is 24.8. The van der Waals surface area contributed by atoms with Gasteiger partial charge >= 0.3 is 6.18 Å². The Bertz CT molecular complexity index is 819. The van der Waals surface area contributed by atoms with Crippen LogP contribution in [0.5, 0.6) is 5.75 Å². The molecule has 0 unspecified atom stereocenters. The van der Waals surface area contributed by atoms with Gasteiger partial charge in [0.25, 0.3) is 5.91 Å². The normalized spacial score (nSPS) is 23.2. The third kappa shape index (κ3) is 7.89. The highest BCUT2D eigenvalue weighted by Crippen LogP contribution is 2.27. The number of anilines is 1. The van der Waals surface area contributed by atoms with Crippen molar-refractivity contribution >= 4 is 17.5 Å². The molecule has 7 nitrogen and oxygen atoms in total. The number of hydrogen-bond acceptors (Lipinski definition) is 5. The topological polar surface area (TPSA) is 71.1 Å². The summed E-state index contributed by atoms with van der Waals surface area (Å²) in [5.74, 6) is -0.303. The Labute approximate surface area is 193 Å². The van der Waals surface area contributed by atoms with Crippen molar-refractivity contribution in [2.45, 2.75) is 51.9 Å². The van der Waals surface area contributed by atoms with E-state index in [0.29, 0.717) is 24.2 Å². The van der Waals surface area contributed by atoms with Gasteiger partial charge in [-0.3, -0.25) is 14.5 Å². The predicted molar refractivity (Wildman–Crippen MR) is 119 cm³/mol. The van der Waals surface area contributed by atoms with Crippen molar-refractivity contribution in [1.82, 2.24) is 9.80 Å². The molecule has 2 amide bonds. The Kier molecular flexibility index (Phi) is 9.54. The lowest BCUT2D eigenvalue weighted by atomic mass is 10.0. The number of carbonyl (C=O) groups excluding carboxylic acids is 2. The smallest absolute Gasteiger partial charge is 0.390 e. The quantitative estimate of drug-likeness (QED) is 0.705. The van der Waals surface area contributed by atoms with Crippen LogP contribution in [-0.2, 0) is 9.53 Å². The first kappa shape index (κ1) is 26.9. The van der Waals surface area contributed by atoms with Gasteiger partial charge in [-0.25, -0.2) is 0 Å². The lowest BCUT2D eigenvalue weighted by Gasteiger charge is -2.36. The second kappa shape index (κ2) is 11.7. The lowest BCUT2D eigenvalue weighted by Crippen LogP contribution is -2.47. The molecule has 0 spiro atoms. The minimum Gasteiger partial charge on any atom is -0.491 e. The molecule has 0 bridgehead atoms. The lowest BCUT2D eigenvalue weighted by molar-refractivity contribution is -0.140. The van der Waals surface area contributed by atoms with Crippen LogP contribution < -0.4 is 10.1 Å². The number of alkyl halides is 3. The van der Waals surface area contributed by atoms with E-state index < -0.39 is 12.6 Å². The number of hydrogen-bond donors (Lipinski definition) is 1. The van der Waals surface area contributed by atoms with Crippen molar-refractivity contribution in [3.63, 3.8) is 0 Å². The highest BCUT2D eigenvalue weighted by atomic mass is 19.4. The summed E-state index contributed by atoms with van der Waals surface area (Å²) in [6, 6.07) is 4.44. The number of nitrogens with zero attached hydrogens (tertiary/aromatic N) is 2. The van der Waals surface area contributed by atoms with E-state index in [4.69, 9.17) is 9.47 Å². The molecule has 0 radical (unpaired) electrons. The SMILES string of the molecule is CCC(=O)Nc1ccc2c(c1)OC[C@H](C)N(CCC(F)(F)F)C[C@@H](C)[C@@H](OC)CN(C)C2=O. The Morgan fingerprint density at radius 1 is 1.27 bits per heavy atom. The molecule has 0 saturated carbocycles. The van der Waals surface area contributed by atoms with Crippen LogP contribution in [0, 0.1) is 5.92 Å². The van der Waals surface area contributed by atoms with Crippen LogP contribution >= 0.6 is 0 Å². The molecule has 2 rings (SSSR count). The van der Waals surface area contributed by atoms with Gasteiger partial charge in [0.1, 0.15) is 12.4 Å². The maximum absolute atomic E-state index is 13.1. The van der Waals surface area contributed by atoms with Gasteiger partial charge < -0.3 is 19.7 Å². The molecule has 0 saturated heterocycles. The Hall–Kier alpha value is -2.33. The van der Waals surface area contributed by atoms with E-state index in [1.807, 2.05) is 6.92 Å². The highest BCUT2D eigenvalue weighted by molar-refractivity contribution is 5.98. The fourth-order valence-electron chi connectivity index (χ4n) is 3.76. The van der Waals surface area contributed by atoms with E-state index in [2.05, 4.69) is 5.32 Å². The van der Waals surface area contributed by atoms with Crippen molar-refractivity contribution in [1.29, 1.82) is 0 Å².